The van der Waals surface area contributed by atoms with Crippen molar-refractivity contribution < 1.29 is 14.3 Å². The zero-order valence-corrected chi connectivity index (χ0v) is 22.3. The summed E-state index contributed by atoms with van der Waals surface area (Å²) in [6.07, 6.45) is 0.111. The number of hydrogen-bond donors (Lipinski definition) is 2. The Kier molecular flexibility index (Phi) is 7.69. The second-order valence-corrected chi connectivity index (χ2v) is 9.42. The van der Waals surface area contributed by atoms with Gasteiger partial charge >= 0.3 is 0 Å². The molecular weight excluding hydrogens is 516 g/mol. The highest BCUT2D eigenvalue weighted by molar-refractivity contribution is 6.30. The van der Waals surface area contributed by atoms with Crippen LogP contribution in [0.2, 0.25) is 5.02 Å². The number of carbonyl (C=O) groups excluding carboxylic acids is 2. The molecule has 2 heterocycles. The van der Waals surface area contributed by atoms with Gasteiger partial charge in [0.05, 0.1) is 17.8 Å². The summed E-state index contributed by atoms with van der Waals surface area (Å²) in [6, 6.07) is 21.5. The summed E-state index contributed by atoms with van der Waals surface area (Å²) < 4.78 is 7.79. The summed E-state index contributed by atoms with van der Waals surface area (Å²) in [5.74, 6) is 1.32. The third-order valence-corrected chi connectivity index (χ3v) is 6.45. The number of carbonyl (C=O) groups is 2. The first-order valence-electron chi connectivity index (χ1n) is 12.6. The number of aromatic nitrogens is 3. The van der Waals surface area contributed by atoms with Crippen LogP contribution in [-0.2, 0) is 9.59 Å². The number of hydrogen-bond acceptors (Lipinski definition) is 6. The van der Waals surface area contributed by atoms with E-state index in [9.17, 15) is 9.59 Å². The van der Waals surface area contributed by atoms with Gasteiger partial charge in [-0.3, -0.25) is 19.1 Å². The van der Waals surface area contributed by atoms with Crippen LogP contribution in [0.4, 0.5) is 5.69 Å². The van der Waals surface area contributed by atoms with E-state index >= 15 is 0 Å². The highest BCUT2D eigenvalue weighted by Crippen LogP contribution is 2.34. The minimum atomic E-state index is -0.572. The van der Waals surface area contributed by atoms with Gasteiger partial charge in [-0.15, -0.1) is 10.2 Å². The number of amides is 2. The normalized spacial score (nSPS) is 13.9. The topological polar surface area (TPSA) is 110 Å². The third kappa shape index (κ3) is 5.83. The Balaban J connectivity index is 1.53. The number of para-hydroxylation sites is 1. The summed E-state index contributed by atoms with van der Waals surface area (Å²) >= 11 is 6.17. The third-order valence-electron chi connectivity index (χ3n) is 6.19. The minimum absolute atomic E-state index is 0.111. The van der Waals surface area contributed by atoms with Crippen molar-refractivity contribution in [2.24, 2.45) is 4.99 Å². The van der Waals surface area contributed by atoms with Crippen LogP contribution in [0.1, 0.15) is 42.2 Å². The first-order valence-corrected chi connectivity index (χ1v) is 13.0. The van der Waals surface area contributed by atoms with Gasteiger partial charge in [0.25, 0.3) is 5.91 Å². The van der Waals surface area contributed by atoms with E-state index in [1.54, 1.807) is 18.2 Å². The molecule has 0 unspecified atom stereocenters. The monoisotopic (exact) mass is 542 g/mol. The van der Waals surface area contributed by atoms with Crippen molar-refractivity contribution in [3.8, 4) is 11.4 Å². The molecule has 1 atom stereocenters. The molecule has 1 aliphatic heterocycles. The molecule has 1 aromatic heterocycles. The average molecular weight is 543 g/mol. The Morgan fingerprint density at radius 2 is 1.77 bits per heavy atom. The Labute approximate surface area is 230 Å². The minimum Gasteiger partial charge on any atom is -0.484 e. The molecule has 39 heavy (non-hydrogen) atoms. The van der Waals surface area contributed by atoms with Gasteiger partial charge in [0.15, 0.2) is 12.4 Å². The van der Waals surface area contributed by atoms with E-state index in [-0.39, 0.29) is 24.8 Å². The second-order valence-electron chi connectivity index (χ2n) is 8.98. The fourth-order valence-corrected chi connectivity index (χ4v) is 4.58. The van der Waals surface area contributed by atoms with E-state index in [0.29, 0.717) is 40.4 Å². The Bertz CT molecular complexity index is 1530. The maximum absolute atomic E-state index is 12.6. The van der Waals surface area contributed by atoms with Gasteiger partial charge in [-0.1, -0.05) is 41.9 Å². The van der Waals surface area contributed by atoms with Gasteiger partial charge in [0.1, 0.15) is 17.6 Å². The smallest absolute Gasteiger partial charge is 0.262 e. The first kappa shape index (κ1) is 26.1. The number of ether oxygens (including phenoxy) is 1. The number of benzene rings is 3. The zero-order chi connectivity index (χ0) is 27.4. The fourth-order valence-electron chi connectivity index (χ4n) is 4.45. The van der Waals surface area contributed by atoms with Crippen LogP contribution in [-0.4, -0.2) is 45.4 Å². The number of nitrogens with zero attached hydrogens (tertiary/aromatic N) is 4. The van der Waals surface area contributed by atoms with Crippen molar-refractivity contribution in [2.75, 3.05) is 18.5 Å². The molecule has 0 radical (unpaired) electrons. The van der Waals surface area contributed by atoms with Crippen molar-refractivity contribution >= 4 is 34.8 Å². The lowest BCUT2D eigenvalue weighted by atomic mass is 10.00. The van der Waals surface area contributed by atoms with Crippen LogP contribution >= 0.6 is 11.6 Å². The van der Waals surface area contributed by atoms with Crippen molar-refractivity contribution in [1.82, 2.24) is 20.1 Å². The number of anilines is 1. The fraction of sp³-hybridized carbons (Fsp3) is 0.207. The van der Waals surface area contributed by atoms with E-state index in [0.717, 1.165) is 16.8 Å². The van der Waals surface area contributed by atoms with Gasteiger partial charge in [0.2, 0.25) is 5.91 Å². The highest BCUT2D eigenvalue weighted by atomic mass is 35.5. The van der Waals surface area contributed by atoms with Crippen molar-refractivity contribution in [2.45, 2.75) is 26.3 Å². The van der Waals surface area contributed by atoms with Crippen molar-refractivity contribution in [3.05, 3.63) is 101 Å². The summed E-state index contributed by atoms with van der Waals surface area (Å²) in [4.78, 5) is 30.2. The maximum atomic E-state index is 12.6. The molecular formula is C29H27ClN6O3. The molecule has 0 saturated carbocycles. The lowest BCUT2D eigenvalue weighted by Crippen LogP contribution is -2.25. The molecule has 0 aliphatic carbocycles. The molecule has 3 aromatic carbocycles. The quantitative estimate of drug-likeness (QED) is 0.336. The van der Waals surface area contributed by atoms with Gasteiger partial charge in [0, 0.05) is 28.4 Å². The Morgan fingerprint density at radius 3 is 2.51 bits per heavy atom. The van der Waals surface area contributed by atoms with E-state index in [1.165, 1.54) is 0 Å². The Hall–Kier alpha value is -4.50. The Morgan fingerprint density at radius 1 is 1.00 bits per heavy atom. The van der Waals surface area contributed by atoms with Crippen LogP contribution < -0.4 is 15.4 Å². The predicted molar refractivity (Wildman–Crippen MR) is 150 cm³/mol. The SMILES string of the molecule is CCNC(=O)C[C@@H]1N=C(c2ccc(Cl)cc2)c2cc(OCC(=O)Nc3ccccc3)ccc2-n2c(C)nnc21. The maximum Gasteiger partial charge on any atom is 0.262 e. The number of nitrogens with one attached hydrogen (secondary N) is 2. The van der Waals surface area contributed by atoms with Gasteiger partial charge < -0.3 is 15.4 Å². The van der Waals surface area contributed by atoms with Crippen LogP contribution in [0.3, 0.4) is 0 Å². The molecule has 5 rings (SSSR count). The van der Waals surface area contributed by atoms with E-state index in [1.807, 2.05) is 73.0 Å². The lowest BCUT2D eigenvalue weighted by molar-refractivity contribution is -0.121. The van der Waals surface area contributed by atoms with Crippen LogP contribution in [0.25, 0.3) is 5.69 Å². The summed E-state index contributed by atoms with van der Waals surface area (Å²) in [7, 11) is 0. The second kappa shape index (κ2) is 11.5. The molecule has 0 fully saturated rings. The molecule has 1 aliphatic rings. The lowest BCUT2D eigenvalue weighted by Gasteiger charge is -2.15. The molecule has 0 spiro atoms. The van der Waals surface area contributed by atoms with E-state index in [4.69, 9.17) is 21.3 Å². The number of fused-ring (bicyclic) bond motifs is 3. The molecule has 9 nitrogen and oxygen atoms in total. The molecule has 198 valence electrons. The summed E-state index contributed by atoms with van der Waals surface area (Å²) in [5.41, 5.74) is 3.71. The number of aryl methyl sites for hydroxylation is 1. The van der Waals surface area contributed by atoms with Gasteiger partial charge in [-0.25, -0.2) is 0 Å². The number of halogens is 1. The van der Waals surface area contributed by atoms with Crippen LogP contribution in [0, 0.1) is 6.92 Å². The highest BCUT2D eigenvalue weighted by Gasteiger charge is 2.30. The van der Waals surface area contributed by atoms with Crippen LogP contribution in [0.5, 0.6) is 5.75 Å². The first-order chi connectivity index (χ1) is 18.9. The molecule has 4 aromatic rings. The molecule has 2 N–H and O–H groups in total. The number of aliphatic imine (C=N–C) groups is 1. The number of rotatable bonds is 8. The predicted octanol–water partition coefficient (Wildman–Crippen LogP) is 4.66. The summed E-state index contributed by atoms with van der Waals surface area (Å²) in [6.45, 7) is 4.08. The van der Waals surface area contributed by atoms with Crippen LogP contribution in [0.15, 0.2) is 77.8 Å². The van der Waals surface area contributed by atoms with E-state index in [2.05, 4.69) is 20.8 Å². The zero-order valence-electron chi connectivity index (χ0n) is 21.5. The van der Waals surface area contributed by atoms with E-state index < -0.39 is 6.04 Å². The molecule has 0 saturated heterocycles. The largest absolute Gasteiger partial charge is 0.484 e. The molecule has 2 amide bonds. The van der Waals surface area contributed by atoms with Crippen molar-refractivity contribution in [1.29, 1.82) is 0 Å². The molecule has 10 heteroatoms. The van der Waals surface area contributed by atoms with Crippen molar-refractivity contribution in [3.63, 3.8) is 0 Å². The summed E-state index contributed by atoms with van der Waals surface area (Å²) in [5, 5.41) is 14.9. The van der Waals surface area contributed by atoms with Gasteiger partial charge in [-0.05, 0) is 56.3 Å². The van der Waals surface area contributed by atoms with Gasteiger partial charge in [-0.2, -0.15) is 0 Å². The standard InChI is InChI=1S/C29H27ClN6O3/c1-3-31-26(37)16-24-29-35-34-18(2)36(29)25-14-13-22(39-17-27(38)32-21-7-5-4-6-8-21)15-23(25)28(33-24)19-9-11-20(30)12-10-19/h4-15,24H,3,16-17H2,1-2H3,(H,31,37)(H,32,38)/t24-/m0/s1. The molecule has 0 bridgehead atoms. The average Bonchev–Trinajstić information content (AvgIpc) is 3.26.